The van der Waals surface area contributed by atoms with Crippen molar-refractivity contribution in [3.05, 3.63) is 118 Å². The highest BCUT2D eigenvalue weighted by molar-refractivity contribution is 5.73. The molecule has 4 aromatic carbocycles. The van der Waals surface area contributed by atoms with E-state index in [1.54, 1.807) is 14.2 Å². The van der Waals surface area contributed by atoms with Crippen LogP contribution in [0.1, 0.15) is 59.1 Å². The lowest BCUT2D eigenvalue weighted by atomic mass is 9.96. The Bertz CT molecular complexity index is 1640. The number of benzene rings is 4. The summed E-state index contributed by atoms with van der Waals surface area (Å²) in [6, 6.07) is 28.7. The van der Waals surface area contributed by atoms with Crippen molar-refractivity contribution in [1.82, 2.24) is 10.2 Å². The minimum atomic E-state index is -0.525. The quantitative estimate of drug-likeness (QED) is 0.221. The van der Waals surface area contributed by atoms with Crippen molar-refractivity contribution in [1.29, 1.82) is 0 Å². The second-order valence-corrected chi connectivity index (χ2v) is 12.0. The second kappa shape index (κ2) is 14.5. The molecule has 0 bridgehead atoms. The average molecular weight is 623 g/mol. The lowest BCUT2D eigenvalue weighted by Gasteiger charge is -2.39. The van der Waals surface area contributed by atoms with Crippen LogP contribution in [0.25, 0.3) is 11.1 Å². The monoisotopic (exact) mass is 622 g/mol. The van der Waals surface area contributed by atoms with Gasteiger partial charge in [-0.05, 0) is 63.6 Å². The van der Waals surface area contributed by atoms with E-state index in [2.05, 4.69) is 58.7 Å². The first kappa shape index (κ1) is 31.8. The van der Waals surface area contributed by atoms with Gasteiger partial charge in [0.2, 0.25) is 5.91 Å². The van der Waals surface area contributed by atoms with Gasteiger partial charge in [0.1, 0.15) is 0 Å². The van der Waals surface area contributed by atoms with Crippen LogP contribution in [0.15, 0.2) is 84.9 Å². The number of amides is 1. The van der Waals surface area contributed by atoms with Crippen LogP contribution >= 0.6 is 0 Å². The van der Waals surface area contributed by atoms with E-state index in [4.69, 9.17) is 18.9 Å². The molecule has 240 valence electrons. The lowest BCUT2D eigenvalue weighted by molar-refractivity contribution is -0.253. The van der Waals surface area contributed by atoms with Gasteiger partial charge in [0.05, 0.1) is 33.0 Å². The third kappa shape index (κ3) is 7.43. The summed E-state index contributed by atoms with van der Waals surface area (Å²) in [5.74, 6) is 1.47. The van der Waals surface area contributed by atoms with Gasteiger partial charge in [0, 0.05) is 45.1 Å². The summed E-state index contributed by atoms with van der Waals surface area (Å²) in [7, 11) is 3.35. The van der Waals surface area contributed by atoms with Crippen LogP contribution in [0.3, 0.4) is 0 Å². The molecule has 8 heteroatoms. The topological polar surface area (TPSA) is 89.5 Å². The zero-order valence-electron chi connectivity index (χ0n) is 26.7. The number of nitrogens with zero attached hydrogens (tertiary/aromatic N) is 1. The van der Waals surface area contributed by atoms with Crippen molar-refractivity contribution in [2.24, 2.45) is 0 Å². The standard InChI is InChI=1S/C38H42N2O6/c1-25(42)39-21-27-5-4-6-31(17-27)28-11-13-30(14-12-28)38-45-34(20-35(46-38)29-9-7-26(24-41)8-10-29)23-40-16-15-32-18-36(43-2)37(44-3)19-33(32)22-40/h4-14,17-19,34-35,38,41H,15-16,20-24H2,1-3H3,(H,39,42)/t34-,35+,38+/m1/s1. The van der Waals surface area contributed by atoms with Gasteiger partial charge in [-0.25, -0.2) is 0 Å². The van der Waals surface area contributed by atoms with E-state index in [0.717, 1.165) is 77.4 Å². The second-order valence-electron chi connectivity index (χ2n) is 12.0. The zero-order valence-corrected chi connectivity index (χ0v) is 26.7. The molecule has 0 spiro atoms. The predicted molar refractivity (Wildman–Crippen MR) is 176 cm³/mol. The molecule has 1 fully saturated rings. The van der Waals surface area contributed by atoms with Crippen LogP contribution in [-0.4, -0.2) is 49.3 Å². The number of aliphatic hydroxyl groups excluding tert-OH is 1. The molecule has 0 aromatic heterocycles. The van der Waals surface area contributed by atoms with Crippen LogP contribution in [0, 0.1) is 0 Å². The van der Waals surface area contributed by atoms with Gasteiger partial charge in [-0.1, -0.05) is 66.7 Å². The average Bonchev–Trinajstić information content (AvgIpc) is 3.10. The molecule has 1 amide bonds. The molecule has 0 unspecified atom stereocenters. The lowest BCUT2D eigenvalue weighted by Crippen LogP contribution is -2.41. The summed E-state index contributed by atoms with van der Waals surface area (Å²) < 4.78 is 24.4. The van der Waals surface area contributed by atoms with Crippen molar-refractivity contribution in [2.75, 3.05) is 27.3 Å². The number of carbonyl (C=O) groups excluding carboxylic acids is 1. The van der Waals surface area contributed by atoms with Gasteiger partial charge < -0.3 is 29.4 Å². The third-order valence-corrected chi connectivity index (χ3v) is 8.86. The minimum absolute atomic E-state index is 0.00968. The molecular formula is C38H42N2O6. The molecular weight excluding hydrogens is 580 g/mol. The molecule has 0 saturated carbocycles. The van der Waals surface area contributed by atoms with Crippen molar-refractivity contribution < 1.29 is 28.8 Å². The summed E-state index contributed by atoms with van der Waals surface area (Å²) >= 11 is 0. The number of rotatable bonds is 10. The summed E-state index contributed by atoms with van der Waals surface area (Å²) in [5.41, 5.74) is 8.66. The maximum atomic E-state index is 11.4. The van der Waals surface area contributed by atoms with Crippen LogP contribution in [0.4, 0.5) is 0 Å². The summed E-state index contributed by atoms with van der Waals surface area (Å²) in [4.78, 5) is 13.8. The number of hydrogen-bond donors (Lipinski definition) is 2. The summed E-state index contributed by atoms with van der Waals surface area (Å²) in [6.07, 6.45) is 0.935. The van der Waals surface area contributed by atoms with Gasteiger partial charge in [0.15, 0.2) is 17.8 Å². The summed E-state index contributed by atoms with van der Waals surface area (Å²) in [6.45, 7) is 4.55. The van der Waals surface area contributed by atoms with Gasteiger partial charge in [-0.15, -0.1) is 0 Å². The molecule has 2 N–H and O–H groups in total. The SMILES string of the molecule is COc1cc2c(cc1OC)CN(C[C@H]1C[C@@H](c3ccc(CO)cc3)O[C@@H](c3ccc(-c4cccc(CNC(C)=O)c4)cc3)O1)CC2. The highest BCUT2D eigenvalue weighted by Crippen LogP contribution is 2.39. The molecule has 2 heterocycles. The fraction of sp³-hybridized carbons (Fsp3) is 0.342. The molecule has 46 heavy (non-hydrogen) atoms. The molecule has 6 rings (SSSR count). The first-order chi connectivity index (χ1) is 22.4. The fourth-order valence-electron chi connectivity index (χ4n) is 6.34. The summed E-state index contributed by atoms with van der Waals surface area (Å²) in [5, 5.41) is 12.4. The van der Waals surface area contributed by atoms with E-state index < -0.39 is 6.29 Å². The van der Waals surface area contributed by atoms with Gasteiger partial charge in [0.25, 0.3) is 0 Å². The Morgan fingerprint density at radius 3 is 2.28 bits per heavy atom. The van der Waals surface area contributed by atoms with E-state index in [-0.39, 0.29) is 24.7 Å². The highest BCUT2D eigenvalue weighted by atomic mass is 16.7. The Morgan fingerprint density at radius 2 is 1.59 bits per heavy atom. The number of hydrogen-bond acceptors (Lipinski definition) is 7. The van der Waals surface area contributed by atoms with Crippen molar-refractivity contribution in [2.45, 2.75) is 58.0 Å². The Balaban J connectivity index is 1.20. The molecule has 1 saturated heterocycles. The number of methoxy groups -OCH3 is 2. The Morgan fingerprint density at radius 1 is 0.870 bits per heavy atom. The number of ether oxygens (including phenoxy) is 4. The molecule has 4 aromatic rings. The van der Waals surface area contributed by atoms with E-state index in [1.165, 1.54) is 18.1 Å². The van der Waals surface area contributed by atoms with E-state index in [9.17, 15) is 9.90 Å². The first-order valence-corrected chi connectivity index (χ1v) is 15.8. The van der Waals surface area contributed by atoms with Crippen LogP contribution in [0.5, 0.6) is 11.5 Å². The molecule has 0 radical (unpaired) electrons. The molecule has 8 nitrogen and oxygen atoms in total. The predicted octanol–water partition coefficient (Wildman–Crippen LogP) is 6.10. The van der Waals surface area contributed by atoms with E-state index >= 15 is 0 Å². The first-order valence-electron chi connectivity index (χ1n) is 15.8. The fourth-order valence-corrected chi connectivity index (χ4v) is 6.34. The third-order valence-electron chi connectivity index (χ3n) is 8.86. The molecule has 3 atom stereocenters. The molecule has 2 aliphatic rings. The van der Waals surface area contributed by atoms with Crippen LogP contribution in [0.2, 0.25) is 0 Å². The zero-order chi connectivity index (χ0) is 32.0. The van der Waals surface area contributed by atoms with Gasteiger partial charge in [-0.2, -0.15) is 0 Å². The van der Waals surface area contributed by atoms with E-state index in [1.807, 2.05) is 36.4 Å². The van der Waals surface area contributed by atoms with Crippen LogP contribution < -0.4 is 14.8 Å². The smallest absolute Gasteiger partial charge is 0.217 e. The van der Waals surface area contributed by atoms with Crippen LogP contribution in [-0.2, 0) is 40.4 Å². The maximum absolute atomic E-state index is 11.4. The largest absolute Gasteiger partial charge is 0.493 e. The molecule has 0 aliphatic carbocycles. The van der Waals surface area contributed by atoms with Crippen molar-refractivity contribution in [3.63, 3.8) is 0 Å². The Labute approximate surface area is 270 Å². The van der Waals surface area contributed by atoms with E-state index in [0.29, 0.717) is 6.54 Å². The number of carbonyl (C=O) groups is 1. The Hall–Kier alpha value is -4.21. The molecule has 2 aliphatic heterocycles. The number of fused-ring (bicyclic) bond motifs is 1. The normalized spacial score (nSPS) is 19.7. The Kier molecular flexibility index (Phi) is 10.00. The maximum Gasteiger partial charge on any atom is 0.217 e. The number of nitrogens with one attached hydrogen (secondary N) is 1. The van der Waals surface area contributed by atoms with Gasteiger partial charge in [-0.3, -0.25) is 9.69 Å². The highest BCUT2D eigenvalue weighted by Gasteiger charge is 2.34. The number of aliphatic hydroxyl groups is 1. The van der Waals surface area contributed by atoms with Crippen molar-refractivity contribution in [3.8, 4) is 22.6 Å². The van der Waals surface area contributed by atoms with Crippen molar-refractivity contribution >= 4 is 5.91 Å². The van der Waals surface area contributed by atoms with Gasteiger partial charge >= 0.3 is 0 Å². The minimum Gasteiger partial charge on any atom is -0.493 e.